The first-order valence-corrected chi connectivity index (χ1v) is 7.63. The fraction of sp³-hybridized carbons (Fsp3) is 0.294. The summed E-state index contributed by atoms with van der Waals surface area (Å²) in [6.45, 7) is 6.91. The lowest BCUT2D eigenvalue weighted by Gasteiger charge is -2.08. The molecular formula is C17H19N5O. The van der Waals surface area contributed by atoms with Gasteiger partial charge in [-0.1, -0.05) is 6.07 Å². The van der Waals surface area contributed by atoms with Crippen LogP contribution in [0.3, 0.4) is 0 Å². The van der Waals surface area contributed by atoms with E-state index in [4.69, 9.17) is 0 Å². The van der Waals surface area contributed by atoms with Gasteiger partial charge < -0.3 is 5.32 Å². The number of hydrogen-bond acceptors (Lipinski definition) is 4. The molecule has 3 heterocycles. The number of aryl methyl sites for hydroxylation is 3. The van der Waals surface area contributed by atoms with Crippen LogP contribution in [0.5, 0.6) is 0 Å². The van der Waals surface area contributed by atoms with E-state index in [0.29, 0.717) is 12.1 Å². The van der Waals surface area contributed by atoms with Gasteiger partial charge in [0.1, 0.15) is 0 Å². The van der Waals surface area contributed by atoms with Crippen LogP contribution < -0.4 is 5.32 Å². The Morgan fingerprint density at radius 1 is 1.30 bits per heavy atom. The quantitative estimate of drug-likeness (QED) is 0.803. The van der Waals surface area contributed by atoms with Gasteiger partial charge in [-0.15, -0.1) is 0 Å². The third-order valence-electron chi connectivity index (χ3n) is 3.71. The van der Waals surface area contributed by atoms with E-state index in [1.807, 2.05) is 49.7 Å². The maximum Gasteiger partial charge on any atom is 0.252 e. The molecular weight excluding hydrogens is 290 g/mol. The Bertz CT molecular complexity index is 854. The van der Waals surface area contributed by atoms with Crippen molar-refractivity contribution in [3.8, 4) is 0 Å². The van der Waals surface area contributed by atoms with Gasteiger partial charge in [-0.3, -0.25) is 9.78 Å². The number of hydrogen-bond donors (Lipinski definition) is 1. The first kappa shape index (κ1) is 15.1. The number of carbonyl (C=O) groups excluding carboxylic acids is 1. The third kappa shape index (κ3) is 2.92. The summed E-state index contributed by atoms with van der Waals surface area (Å²) in [4.78, 5) is 21.4. The number of aromatic nitrogens is 4. The van der Waals surface area contributed by atoms with Crippen molar-refractivity contribution in [1.29, 1.82) is 0 Å². The average Bonchev–Trinajstić information content (AvgIpc) is 2.88. The van der Waals surface area contributed by atoms with Crippen LogP contribution >= 0.6 is 0 Å². The minimum absolute atomic E-state index is 0.134. The van der Waals surface area contributed by atoms with Gasteiger partial charge in [0, 0.05) is 18.4 Å². The van der Waals surface area contributed by atoms with Gasteiger partial charge in [0.05, 0.1) is 28.9 Å². The Hall–Kier alpha value is -2.76. The predicted octanol–water partition coefficient (Wildman–Crippen LogP) is 2.39. The SMILES string of the molecule is CCn1nc(C)c2c(C(=O)NCc3ccccn3)cc(C)nc21. The average molecular weight is 309 g/mol. The molecule has 0 saturated heterocycles. The molecule has 3 aromatic rings. The zero-order valence-corrected chi connectivity index (χ0v) is 13.5. The van der Waals surface area contributed by atoms with E-state index in [0.717, 1.165) is 34.7 Å². The first-order chi connectivity index (χ1) is 11.1. The van der Waals surface area contributed by atoms with Crippen LogP contribution in [-0.4, -0.2) is 25.7 Å². The van der Waals surface area contributed by atoms with Gasteiger partial charge in [-0.25, -0.2) is 9.67 Å². The first-order valence-electron chi connectivity index (χ1n) is 7.63. The second-order valence-electron chi connectivity index (χ2n) is 5.41. The molecule has 0 saturated carbocycles. The Morgan fingerprint density at radius 2 is 2.13 bits per heavy atom. The van der Waals surface area contributed by atoms with E-state index in [1.54, 1.807) is 6.20 Å². The predicted molar refractivity (Wildman–Crippen MR) is 88.1 cm³/mol. The second-order valence-corrected chi connectivity index (χ2v) is 5.41. The minimum Gasteiger partial charge on any atom is -0.346 e. The fourth-order valence-electron chi connectivity index (χ4n) is 2.65. The summed E-state index contributed by atoms with van der Waals surface area (Å²) < 4.78 is 1.83. The molecule has 0 spiro atoms. The minimum atomic E-state index is -0.134. The van der Waals surface area contributed by atoms with Crippen LogP contribution in [0.1, 0.15) is 34.4 Å². The van der Waals surface area contributed by atoms with E-state index in [1.165, 1.54) is 0 Å². The number of nitrogens with one attached hydrogen (secondary N) is 1. The van der Waals surface area contributed by atoms with Gasteiger partial charge in [0.15, 0.2) is 5.65 Å². The van der Waals surface area contributed by atoms with E-state index >= 15 is 0 Å². The van der Waals surface area contributed by atoms with Crippen molar-refractivity contribution < 1.29 is 4.79 Å². The van der Waals surface area contributed by atoms with Crippen LogP contribution in [0.25, 0.3) is 11.0 Å². The molecule has 0 atom stereocenters. The van der Waals surface area contributed by atoms with Crippen molar-refractivity contribution in [3.63, 3.8) is 0 Å². The molecule has 0 aliphatic rings. The molecule has 3 rings (SSSR count). The molecule has 1 amide bonds. The zero-order chi connectivity index (χ0) is 16.4. The molecule has 118 valence electrons. The van der Waals surface area contributed by atoms with Crippen LogP contribution in [0.4, 0.5) is 0 Å². The highest BCUT2D eigenvalue weighted by Crippen LogP contribution is 2.22. The van der Waals surface area contributed by atoms with Crippen LogP contribution in [0.15, 0.2) is 30.5 Å². The fourth-order valence-corrected chi connectivity index (χ4v) is 2.65. The highest BCUT2D eigenvalue weighted by Gasteiger charge is 2.18. The second kappa shape index (κ2) is 6.16. The number of carbonyl (C=O) groups is 1. The lowest BCUT2D eigenvalue weighted by molar-refractivity contribution is 0.0952. The van der Waals surface area contributed by atoms with Crippen molar-refractivity contribution in [2.24, 2.45) is 0 Å². The van der Waals surface area contributed by atoms with Gasteiger partial charge in [-0.2, -0.15) is 5.10 Å². The van der Waals surface area contributed by atoms with Gasteiger partial charge >= 0.3 is 0 Å². The number of rotatable bonds is 4. The van der Waals surface area contributed by atoms with Crippen molar-refractivity contribution in [3.05, 3.63) is 53.1 Å². The number of pyridine rings is 2. The van der Waals surface area contributed by atoms with Gasteiger partial charge in [0.2, 0.25) is 0 Å². The molecule has 3 aromatic heterocycles. The maximum absolute atomic E-state index is 12.6. The smallest absolute Gasteiger partial charge is 0.252 e. The third-order valence-corrected chi connectivity index (χ3v) is 3.71. The molecule has 0 fully saturated rings. The lowest BCUT2D eigenvalue weighted by Crippen LogP contribution is -2.23. The van der Waals surface area contributed by atoms with E-state index in [2.05, 4.69) is 20.4 Å². The number of nitrogens with zero attached hydrogens (tertiary/aromatic N) is 4. The molecule has 0 unspecified atom stereocenters. The van der Waals surface area contributed by atoms with Crippen molar-refractivity contribution in [1.82, 2.24) is 25.1 Å². The van der Waals surface area contributed by atoms with Crippen LogP contribution in [0.2, 0.25) is 0 Å². The van der Waals surface area contributed by atoms with E-state index in [-0.39, 0.29) is 5.91 Å². The Balaban J connectivity index is 1.95. The highest BCUT2D eigenvalue weighted by atomic mass is 16.1. The Morgan fingerprint density at radius 3 is 2.83 bits per heavy atom. The Labute approximate surface area is 134 Å². The Kier molecular flexibility index (Phi) is 4.06. The van der Waals surface area contributed by atoms with Gasteiger partial charge in [0.25, 0.3) is 5.91 Å². The monoisotopic (exact) mass is 309 g/mol. The van der Waals surface area contributed by atoms with E-state index in [9.17, 15) is 4.79 Å². The van der Waals surface area contributed by atoms with Crippen LogP contribution in [0, 0.1) is 13.8 Å². The van der Waals surface area contributed by atoms with Crippen molar-refractivity contribution >= 4 is 16.9 Å². The molecule has 0 aromatic carbocycles. The summed E-state index contributed by atoms with van der Waals surface area (Å²) >= 11 is 0. The van der Waals surface area contributed by atoms with E-state index < -0.39 is 0 Å². The standard InChI is InChI=1S/C17H19N5O/c1-4-22-16-15(12(3)21-22)14(9-11(2)20-16)17(23)19-10-13-7-5-6-8-18-13/h5-9H,4,10H2,1-3H3,(H,19,23). The largest absolute Gasteiger partial charge is 0.346 e. The zero-order valence-electron chi connectivity index (χ0n) is 13.5. The molecule has 1 N–H and O–H groups in total. The van der Waals surface area contributed by atoms with Crippen molar-refractivity contribution in [2.45, 2.75) is 33.9 Å². The van der Waals surface area contributed by atoms with Gasteiger partial charge in [-0.05, 0) is 39.0 Å². The molecule has 6 nitrogen and oxygen atoms in total. The topological polar surface area (TPSA) is 72.7 Å². The number of fused-ring (bicyclic) bond motifs is 1. The molecule has 23 heavy (non-hydrogen) atoms. The summed E-state index contributed by atoms with van der Waals surface area (Å²) in [5, 5.41) is 8.21. The summed E-state index contributed by atoms with van der Waals surface area (Å²) in [7, 11) is 0. The van der Waals surface area contributed by atoms with Crippen LogP contribution in [-0.2, 0) is 13.1 Å². The summed E-state index contributed by atoms with van der Waals surface area (Å²) in [6, 6.07) is 7.45. The normalized spacial score (nSPS) is 10.9. The molecule has 0 radical (unpaired) electrons. The summed E-state index contributed by atoms with van der Waals surface area (Å²) in [5.41, 5.74) is 3.81. The molecule has 0 aliphatic heterocycles. The summed E-state index contributed by atoms with van der Waals surface area (Å²) in [5.74, 6) is -0.134. The highest BCUT2D eigenvalue weighted by molar-refractivity contribution is 6.06. The molecule has 0 aliphatic carbocycles. The number of amides is 1. The lowest BCUT2D eigenvalue weighted by atomic mass is 10.1. The molecule has 6 heteroatoms. The van der Waals surface area contributed by atoms with Crippen molar-refractivity contribution in [2.75, 3.05) is 0 Å². The molecule has 0 bridgehead atoms. The summed E-state index contributed by atoms with van der Waals surface area (Å²) in [6.07, 6.45) is 1.71. The maximum atomic E-state index is 12.6.